The number of cyclic esters (lactones) is 1. The summed E-state index contributed by atoms with van der Waals surface area (Å²) in [5.41, 5.74) is 1.08. The molecule has 1 aromatic rings. The van der Waals surface area contributed by atoms with Crippen LogP contribution < -0.4 is 0 Å². The maximum Gasteiger partial charge on any atom is 0.332 e. The molecule has 3 saturated heterocycles. The van der Waals surface area contributed by atoms with E-state index in [9.17, 15) is 9.00 Å². The fraction of sp³-hybridized carbons (Fsp3) is 0.588. The molecule has 0 bridgehead atoms. The molecule has 0 unspecified atom stereocenters. The van der Waals surface area contributed by atoms with Crippen LogP contribution in [0.1, 0.15) is 25.3 Å². The van der Waals surface area contributed by atoms with Gasteiger partial charge in [-0.15, -0.1) is 0 Å². The summed E-state index contributed by atoms with van der Waals surface area (Å²) in [6, 6.07) is 7.21. The number of esters is 1. The summed E-state index contributed by atoms with van der Waals surface area (Å²) in [4.78, 5) is 19.5. The Bertz CT molecular complexity index is 678. The van der Waals surface area contributed by atoms with Gasteiger partial charge in [-0.1, -0.05) is 17.7 Å². The minimum Gasteiger partial charge on any atom is -0.431 e. The quantitative estimate of drug-likeness (QED) is 0.767. The molecule has 7 heteroatoms. The van der Waals surface area contributed by atoms with Gasteiger partial charge in [0.15, 0.2) is 10.9 Å². The summed E-state index contributed by atoms with van der Waals surface area (Å²) in [5, 5.41) is 1.81. The number of rotatable bonds is 4. The van der Waals surface area contributed by atoms with E-state index in [1.807, 2.05) is 43.2 Å². The Morgan fingerprint density at radius 2 is 2.12 bits per heavy atom. The molecule has 3 aliphatic heterocycles. The second-order valence-corrected chi connectivity index (χ2v) is 8.11. The van der Waals surface area contributed by atoms with Crippen LogP contribution in [0.4, 0.5) is 0 Å². The standard InChI is InChI=1S/C17H21NO5S/c1-3-21-15-14-17(16(19)22-15,13-5-4-10-18(13)23-14)24(20)12-8-6-11(2)7-9-12/h6-9,13-15H,3-5,10H2,1-2H3/t13-,14-,15+,17+,24-/m0/s1. The maximum atomic E-state index is 13.5. The molecule has 0 spiro atoms. The van der Waals surface area contributed by atoms with Crippen LogP contribution in [0.3, 0.4) is 0 Å². The first-order chi connectivity index (χ1) is 11.6. The fourth-order valence-corrected chi connectivity index (χ4v) is 5.74. The first kappa shape index (κ1) is 16.2. The Morgan fingerprint density at radius 1 is 1.38 bits per heavy atom. The molecule has 0 aliphatic carbocycles. The van der Waals surface area contributed by atoms with Crippen molar-refractivity contribution in [1.82, 2.24) is 5.06 Å². The van der Waals surface area contributed by atoms with Gasteiger partial charge in [-0.2, -0.15) is 5.06 Å². The lowest BCUT2D eigenvalue weighted by atomic mass is 9.94. The van der Waals surface area contributed by atoms with E-state index < -0.39 is 33.9 Å². The monoisotopic (exact) mass is 351 g/mol. The van der Waals surface area contributed by atoms with Gasteiger partial charge in [0, 0.05) is 18.0 Å². The number of aryl methyl sites for hydroxylation is 1. The van der Waals surface area contributed by atoms with Crippen molar-refractivity contribution in [3.63, 3.8) is 0 Å². The average Bonchev–Trinajstić information content (AvgIpc) is 3.20. The molecule has 3 heterocycles. The van der Waals surface area contributed by atoms with E-state index >= 15 is 0 Å². The van der Waals surface area contributed by atoms with Crippen LogP contribution in [0.15, 0.2) is 29.2 Å². The molecule has 0 N–H and O–H groups in total. The van der Waals surface area contributed by atoms with Gasteiger partial charge in [-0.3, -0.25) is 13.8 Å². The predicted molar refractivity (Wildman–Crippen MR) is 86.4 cm³/mol. The van der Waals surface area contributed by atoms with Gasteiger partial charge in [0.2, 0.25) is 6.29 Å². The van der Waals surface area contributed by atoms with Crippen LogP contribution in [-0.4, -0.2) is 51.6 Å². The van der Waals surface area contributed by atoms with Crippen LogP contribution in [0, 0.1) is 6.92 Å². The first-order valence-electron chi connectivity index (χ1n) is 8.33. The third kappa shape index (κ3) is 2.12. The van der Waals surface area contributed by atoms with E-state index in [2.05, 4.69) is 0 Å². The molecular weight excluding hydrogens is 330 g/mol. The number of hydrogen-bond acceptors (Lipinski definition) is 6. The molecule has 24 heavy (non-hydrogen) atoms. The lowest BCUT2D eigenvalue weighted by Gasteiger charge is -2.27. The normalized spacial score (nSPS) is 36.4. The molecule has 1 aromatic carbocycles. The van der Waals surface area contributed by atoms with Crippen molar-refractivity contribution in [3.05, 3.63) is 29.8 Å². The number of carbonyl (C=O) groups excluding carboxylic acids is 1. The van der Waals surface area contributed by atoms with E-state index in [-0.39, 0.29) is 6.04 Å². The molecule has 6 nitrogen and oxygen atoms in total. The lowest BCUT2D eigenvalue weighted by Crippen LogP contribution is -2.54. The van der Waals surface area contributed by atoms with E-state index in [1.165, 1.54) is 0 Å². The third-order valence-electron chi connectivity index (χ3n) is 5.03. The Balaban J connectivity index is 1.79. The molecule has 0 amide bonds. The number of fused-ring (bicyclic) bond motifs is 3. The highest BCUT2D eigenvalue weighted by atomic mass is 32.2. The van der Waals surface area contributed by atoms with Crippen molar-refractivity contribution < 1.29 is 23.3 Å². The minimum absolute atomic E-state index is 0.234. The van der Waals surface area contributed by atoms with Crippen molar-refractivity contribution in [2.24, 2.45) is 0 Å². The van der Waals surface area contributed by atoms with Crippen molar-refractivity contribution in [2.75, 3.05) is 13.2 Å². The molecule has 0 aromatic heterocycles. The molecule has 3 fully saturated rings. The molecule has 130 valence electrons. The van der Waals surface area contributed by atoms with Gasteiger partial charge in [-0.05, 0) is 38.8 Å². The Morgan fingerprint density at radius 3 is 2.83 bits per heavy atom. The summed E-state index contributed by atoms with van der Waals surface area (Å²) in [7, 11) is -1.58. The van der Waals surface area contributed by atoms with Gasteiger partial charge in [0.1, 0.15) is 0 Å². The number of carbonyl (C=O) groups is 1. The van der Waals surface area contributed by atoms with Crippen molar-refractivity contribution >= 4 is 16.8 Å². The largest absolute Gasteiger partial charge is 0.431 e. The molecule has 0 saturated carbocycles. The summed E-state index contributed by atoms with van der Waals surface area (Å²) in [6.45, 7) is 4.94. The maximum absolute atomic E-state index is 13.5. The molecule has 3 aliphatic rings. The smallest absolute Gasteiger partial charge is 0.332 e. The zero-order valence-corrected chi connectivity index (χ0v) is 14.6. The van der Waals surface area contributed by atoms with Gasteiger partial charge >= 0.3 is 5.97 Å². The van der Waals surface area contributed by atoms with E-state index in [0.29, 0.717) is 11.5 Å². The van der Waals surface area contributed by atoms with Gasteiger partial charge in [0.25, 0.3) is 0 Å². The van der Waals surface area contributed by atoms with Crippen molar-refractivity contribution in [1.29, 1.82) is 0 Å². The van der Waals surface area contributed by atoms with Crippen LogP contribution in [-0.2, 0) is 29.9 Å². The fourth-order valence-electron chi connectivity index (χ4n) is 3.92. The predicted octanol–water partition coefficient (Wildman–Crippen LogP) is 1.54. The van der Waals surface area contributed by atoms with E-state index in [0.717, 1.165) is 24.9 Å². The van der Waals surface area contributed by atoms with E-state index in [4.69, 9.17) is 14.3 Å². The van der Waals surface area contributed by atoms with Gasteiger partial charge in [0.05, 0.1) is 16.8 Å². The lowest BCUT2D eigenvalue weighted by molar-refractivity contribution is -0.226. The number of benzene rings is 1. The number of hydroxylamine groups is 2. The molecular formula is C17H21NO5S. The Hall–Kier alpha value is -1.28. The second kappa shape index (κ2) is 5.91. The van der Waals surface area contributed by atoms with Crippen LogP contribution in [0.5, 0.6) is 0 Å². The second-order valence-electron chi connectivity index (χ2n) is 6.43. The highest BCUT2D eigenvalue weighted by molar-refractivity contribution is 7.87. The SMILES string of the molecule is CCO[C@@H]1OC(=O)[C@@]2([S@@](=O)c3ccc(C)cc3)[C@@H]3CCCN3O[C@@H]12. The molecule has 5 atom stereocenters. The number of hydrogen-bond donors (Lipinski definition) is 0. The molecule has 0 radical (unpaired) electrons. The molecule has 4 rings (SSSR count). The summed E-state index contributed by atoms with van der Waals surface area (Å²) in [5.74, 6) is -0.473. The highest BCUT2D eigenvalue weighted by Crippen LogP contribution is 2.50. The zero-order valence-electron chi connectivity index (χ0n) is 13.8. The van der Waals surface area contributed by atoms with Gasteiger partial charge in [-0.25, -0.2) is 0 Å². The first-order valence-corrected chi connectivity index (χ1v) is 9.48. The summed E-state index contributed by atoms with van der Waals surface area (Å²) >= 11 is 0. The summed E-state index contributed by atoms with van der Waals surface area (Å²) < 4.78 is 23.3. The zero-order chi connectivity index (χ0) is 16.9. The summed E-state index contributed by atoms with van der Waals surface area (Å²) in [6.07, 6.45) is 0.207. The number of nitrogens with zero attached hydrogens (tertiary/aromatic N) is 1. The number of ether oxygens (including phenoxy) is 2. The van der Waals surface area contributed by atoms with Gasteiger partial charge < -0.3 is 9.47 Å². The highest BCUT2D eigenvalue weighted by Gasteiger charge is 2.73. The topological polar surface area (TPSA) is 65.1 Å². The van der Waals surface area contributed by atoms with Crippen molar-refractivity contribution in [3.8, 4) is 0 Å². The minimum atomic E-state index is -1.58. The van der Waals surface area contributed by atoms with Crippen LogP contribution in [0.25, 0.3) is 0 Å². The Kier molecular flexibility index (Phi) is 3.99. The van der Waals surface area contributed by atoms with Crippen LogP contribution >= 0.6 is 0 Å². The average molecular weight is 351 g/mol. The van der Waals surface area contributed by atoms with Crippen molar-refractivity contribution in [2.45, 2.75) is 54.8 Å². The Labute approximate surface area is 143 Å². The van der Waals surface area contributed by atoms with Crippen LogP contribution in [0.2, 0.25) is 0 Å². The third-order valence-corrected chi connectivity index (χ3v) is 7.02. The van der Waals surface area contributed by atoms with E-state index in [1.54, 1.807) is 0 Å².